The lowest BCUT2D eigenvalue weighted by Crippen LogP contribution is -2.28. The molecule has 6 heteroatoms. The third-order valence-electron chi connectivity index (χ3n) is 2.41. The Morgan fingerprint density at radius 2 is 2.06 bits per heavy atom. The van der Waals surface area contributed by atoms with Crippen molar-refractivity contribution in [1.82, 2.24) is 0 Å². The molecule has 0 radical (unpaired) electrons. The topological polar surface area (TPSA) is 75.1 Å². The second-order valence-corrected chi connectivity index (χ2v) is 4.70. The van der Waals surface area contributed by atoms with Crippen LogP contribution >= 0.6 is 11.8 Å². The van der Waals surface area contributed by atoms with E-state index in [2.05, 4.69) is 27.0 Å². The molecule has 0 unspecified atom stereocenters. The number of nitrogens with zero attached hydrogens (tertiary/aromatic N) is 3. The van der Waals surface area contributed by atoms with Crippen molar-refractivity contribution in [2.75, 3.05) is 17.4 Å². The summed E-state index contributed by atoms with van der Waals surface area (Å²) in [5.74, 6) is 1.35. The molecular formula is C12H15N5S. The lowest BCUT2D eigenvalue weighted by molar-refractivity contribution is 1.21. The zero-order chi connectivity index (χ0) is 12.8. The van der Waals surface area contributed by atoms with E-state index in [9.17, 15) is 0 Å². The number of benzene rings is 1. The van der Waals surface area contributed by atoms with Gasteiger partial charge in [0, 0.05) is 6.42 Å². The van der Waals surface area contributed by atoms with E-state index in [1.165, 1.54) is 0 Å². The molecule has 1 aromatic carbocycles. The minimum atomic E-state index is 0.370. The van der Waals surface area contributed by atoms with Crippen molar-refractivity contribution in [3.05, 3.63) is 30.3 Å². The minimum Gasteiger partial charge on any atom is -0.380 e. The van der Waals surface area contributed by atoms with Crippen molar-refractivity contribution >= 4 is 34.7 Å². The molecule has 0 aromatic heterocycles. The van der Waals surface area contributed by atoms with Gasteiger partial charge in [-0.2, -0.15) is 22.0 Å². The number of para-hydroxylation sites is 1. The fourth-order valence-electron chi connectivity index (χ4n) is 1.48. The molecule has 0 bridgehead atoms. The first-order valence-corrected chi connectivity index (χ1v) is 6.99. The number of hydrogen-bond acceptors (Lipinski definition) is 6. The number of anilines is 1. The monoisotopic (exact) mass is 261 g/mol. The number of rotatable bonds is 5. The third kappa shape index (κ3) is 3.10. The van der Waals surface area contributed by atoms with Crippen LogP contribution in [0.5, 0.6) is 0 Å². The van der Waals surface area contributed by atoms with Crippen LogP contribution in [-0.2, 0) is 0 Å². The molecule has 0 amide bonds. The standard InChI is InChI=1S/C12H15N5S/c1-18-8-7-10-11(12(13)17-15-10)16-14-9-5-3-2-4-6-9/h2-6,14H,7-8H2,1H3,(H2,13,16,17). The van der Waals surface area contributed by atoms with Gasteiger partial charge in [-0.25, -0.2) is 0 Å². The van der Waals surface area contributed by atoms with Crippen molar-refractivity contribution in [3.63, 3.8) is 0 Å². The summed E-state index contributed by atoms with van der Waals surface area (Å²) in [7, 11) is 0. The fourth-order valence-corrected chi connectivity index (χ4v) is 1.88. The predicted octanol–water partition coefficient (Wildman–Crippen LogP) is 1.93. The molecular weight excluding hydrogens is 246 g/mol. The minimum absolute atomic E-state index is 0.370. The van der Waals surface area contributed by atoms with E-state index in [0.29, 0.717) is 11.5 Å². The SMILES string of the molecule is CSCCC1=NN=C(N)/C1=N/Nc1ccccc1. The molecule has 0 aliphatic carbocycles. The number of hydrazone groups is 1. The van der Waals surface area contributed by atoms with Gasteiger partial charge in [-0.3, -0.25) is 5.43 Å². The van der Waals surface area contributed by atoms with Gasteiger partial charge in [0.1, 0.15) is 0 Å². The van der Waals surface area contributed by atoms with Gasteiger partial charge in [0.15, 0.2) is 11.5 Å². The quantitative estimate of drug-likeness (QED) is 0.795. The van der Waals surface area contributed by atoms with Crippen LogP contribution in [0.4, 0.5) is 5.69 Å². The van der Waals surface area contributed by atoms with Gasteiger partial charge < -0.3 is 5.73 Å². The first-order chi connectivity index (χ1) is 8.81. The second kappa shape index (κ2) is 6.20. The van der Waals surface area contributed by atoms with Crippen LogP contribution in [-0.4, -0.2) is 29.3 Å². The van der Waals surface area contributed by atoms with Gasteiger partial charge in [0.05, 0.1) is 11.4 Å². The number of nitrogens with two attached hydrogens (primary N) is 1. The van der Waals surface area contributed by atoms with Crippen molar-refractivity contribution in [1.29, 1.82) is 0 Å². The van der Waals surface area contributed by atoms with Crippen molar-refractivity contribution in [3.8, 4) is 0 Å². The Morgan fingerprint density at radius 3 is 2.78 bits per heavy atom. The van der Waals surface area contributed by atoms with Crippen molar-refractivity contribution in [2.24, 2.45) is 21.0 Å². The molecule has 0 saturated heterocycles. The highest BCUT2D eigenvalue weighted by molar-refractivity contribution is 7.98. The molecule has 94 valence electrons. The lowest BCUT2D eigenvalue weighted by Gasteiger charge is -2.04. The molecule has 0 fully saturated rings. The predicted molar refractivity (Wildman–Crippen MR) is 79.6 cm³/mol. The number of amidine groups is 1. The van der Waals surface area contributed by atoms with Gasteiger partial charge in [0.2, 0.25) is 0 Å². The first kappa shape index (κ1) is 12.6. The number of thioether (sulfide) groups is 1. The largest absolute Gasteiger partial charge is 0.380 e. The maximum absolute atomic E-state index is 5.76. The summed E-state index contributed by atoms with van der Waals surface area (Å²) in [6, 6.07) is 9.71. The van der Waals surface area contributed by atoms with Crippen LogP contribution in [0.25, 0.3) is 0 Å². The summed E-state index contributed by atoms with van der Waals surface area (Å²) in [4.78, 5) is 0. The zero-order valence-corrected chi connectivity index (χ0v) is 10.9. The molecule has 0 spiro atoms. The van der Waals surface area contributed by atoms with Crippen molar-refractivity contribution in [2.45, 2.75) is 6.42 Å². The fraction of sp³-hybridized carbons (Fsp3) is 0.250. The Labute approximate surface area is 110 Å². The average molecular weight is 261 g/mol. The Balaban J connectivity index is 2.06. The molecule has 18 heavy (non-hydrogen) atoms. The van der Waals surface area contributed by atoms with Crippen LogP contribution in [0.1, 0.15) is 6.42 Å². The number of hydrogen-bond donors (Lipinski definition) is 2. The third-order valence-corrected chi connectivity index (χ3v) is 3.02. The molecule has 1 aliphatic heterocycles. The Kier molecular flexibility index (Phi) is 4.35. The van der Waals surface area contributed by atoms with E-state index in [-0.39, 0.29) is 0 Å². The van der Waals surface area contributed by atoms with E-state index in [4.69, 9.17) is 5.73 Å². The highest BCUT2D eigenvalue weighted by Gasteiger charge is 2.19. The lowest BCUT2D eigenvalue weighted by atomic mass is 10.2. The summed E-state index contributed by atoms with van der Waals surface area (Å²) in [5, 5.41) is 12.2. The van der Waals surface area contributed by atoms with Gasteiger partial charge >= 0.3 is 0 Å². The smallest absolute Gasteiger partial charge is 0.175 e. The zero-order valence-electron chi connectivity index (χ0n) is 10.1. The summed E-state index contributed by atoms with van der Waals surface area (Å²) < 4.78 is 0. The molecule has 1 heterocycles. The van der Waals surface area contributed by atoms with E-state index in [1.807, 2.05) is 30.3 Å². The first-order valence-electron chi connectivity index (χ1n) is 5.59. The van der Waals surface area contributed by atoms with E-state index in [1.54, 1.807) is 11.8 Å². The summed E-state index contributed by atoms with van der Waals surface area (Å²) in [6.07, 6.45) is 2.87. The summed E-state index contributed by atoms with van der Waals surface area (Å²) in [6.45, 7) is 0. The molecule has 1 aliphatic rings. The van der Waals surface area contributed by atoms with Crippen LogP contribution in [0.3, 0.4) is 0 Å². The van der Waals surface area contributed by atoms with E-state index >= 15 is 0 Å². The van der Waals surface area contributed by atoms with Crippen LogP contribution in [0.2, 0.25) is 0 Å². The van der Waals surface area contributed by atoms with Crippen molar-refractivity contribution < 1.29 is 0 Å². The average Bonchev–Trinajstić information content (AvgIpc) is 2.76. The molecule has 3 N–H and O–H groups in total. The van der Waals surface area contributed by atoms with Gasteiger partial charge in [-0.15, -0.1) is 5.10 Å². The van der Waals surface area contributed by atoms with Crippen LogP contribution in [0.15, 0.2) is 45.6 Å². The molecule has 0 atom stereocenters. The normalized spacial score (nSPS) is 16.6. The Bertz CT molecular complexity index is 492. The van der Waals surface area contributed by atoms with E-state index < -0.39 is 0 Å². The summed E-state index contributed by atoms with van der Waals surface area (Å²) >= 11 is 1.76. The Morgan fingerprint density at radius 1 is 1.28 bits per heavy atom. The summed E-state index contributed by atoms with van der Waals surface area (Å²) in [5.41, 5.74) is 11.1. The van der Waals surface area contributed by atoms with Crippen LogP contribution < -0.4 is 11.2 Å². The van der Waals surface area contributed by atoms with Gasteiger partial charge in [-0.05, 0) is 24.1 Å². The maximum Gasteiger partial charge on any atom is 0.175 e. The molecule has 2 rings (SSSR count). The van der Waals surface area contributed by atoms with Gasteiger partial charge in [0.25, 0.3) is 0 Å². The molecule has 0 saturated carbocycles. The highest BCUT2D eigenvalue weighted by atomic mass is 32.2. The second-order valence-electron chi connectivity index (χ2n) is 3.71. The highest BCUT2D eigenvalue weighted by Crippen LogP contribution is 2.08. The van der Waals surface area contributed by atoms with E-state index in [0.717, 1.165) is 23.6 Å². The molecule has 1 aromatic rings. The van der Waals surface area contributed by atoms with Gasteiger partial charge in [-0.1, -0.05) is 18.2 Å². The molecule has 5 nitrogen and oxygen atoms in total. The van der Waals surface area contributed by atoms with Crippen LogP contribution in [0, 0.1) is 0 Å². The maximum atomic E-state index is 5.76. The number of nitrogens with one attached hydrogen (secondary N) is 1. The Hall–Kier alpha value is -1.82.